The normalized spacial score (nSPS) is 26.1. The average Bonchev–Trinajstić information content (AvgIpc) is 2.25. The maximum absolute atomic E-state index is 12.1. The highest BCUT2D eigenvalue weighted by Gasteiger charge is 2.34. The van der Waals surface area contributed by atoms with Crippen molar-refractivity contribution in [1.82, 2.24) is 9.03 Å². The molecule has 20 heavy (non-hydrogen) atoms. The standard InChI is InChI=1S/C10H19N3O6S/c1-6-4-13(5-7(2)19-6)20(17,18)12-8(10(15)16)3-9(11)14/h6-8,12H,3-5H2,1-2H3,(H2,11,14)(H,15,16)/t6?,7?,8-/m1/s1. The van der Waals surface area contributed by atoms with Crippen LogP contribution in [0.2, 0.25) is 0 Å². The molecule has 0 saturated carbocycles. The van der Waals surface area contributed by atoms with Crippen LogP contribution < -0.4 is 10.5 Å². The first kappa shape index (κ1) is 16.8. The van der Waals surface area contributed by atoms with Crippen LogP contribution in [0.3, 0.4) is 0 Å². The molecule has 0 bridgehead atoms. The molecule has 0 radical (unpaired) electrons. The minimum atomic E-state index is -4.02. The molecule has 0 aromatic rings. The summed E-state index contributed by atoms with van der Waals surface area (Å²) in [7, 11) is -4.02. The zero-order chi connectivity index (χ0) is 15.5. The maximum atomic E-state index is 12.1. The SMILES string of the molecule is CC1CN(S(=O)(=O)N[C@H](CC(N)=O)C(=O)O)CC(C)O1. The molecule has 0 spiro atoms. The molecule has 3 atom stereocenters. The molecule has 0 aromatic heterocycles. The number of hydrogen-bond acceptors (Lipinski definition) is 5. The van der Waals surface area contributed by atoms with Gasteiger partial charge in [-0.2, -0.15) is 17.4 Å². The summed E-state index contributed by atoms with van der Waals surface area (Å²) >= 11 is 0. The molecule has 1 rings (SSSR count). The highest BCUT2D eigenvalue weighted by Crippen LogP contribution is 2.14. The van der Waals surface area contributed by atoms with E-state index in [9.17, 15) is 18.0 Å². The Bertz CT molecular complexity index is 469. The first-order chi connectivity index (χ1) is 9.11. The Morgan fingerprint density at radius 2 is 1.90 bits per heavy atom. The number of rotatable bonds is 6. The minimum absolute atomic E-state index is 0.114. The number of amides is 1. The Morgan fingerprint density at radius 1 is 1.40 bits per heavy atom. The Balaban J connectivity index is 2.81. The van der Waals surface area contributed by atoms with Gasteiger partial charge in [0.25, 0.3) is 10.2 Å². The van der Waals surface area contributed by atoms with Crippen molar-refractivity contribution in [2.24, 2.45) is 5.73 Å². The highest BCUT2D eigenvalue weighted by molar-refractivity contribution is 7.87. The Morgan fingerprint density at radius 3 is 2.30 bits per heavy atom. The van der Waals surface area contributed by atoms with E-state index in [1.54, 1.807) is 13.8 Å². The van der Waals surface area contributed by atoms with Gasteiger partial charge in [-0.3, -0.25) is 9.59 Å². The van der Waals surface area contributed by atoms with Gasteiger partial charge in [0.05, 0.1) is 18.6 Å². The molecule has 0 aromatic carbocycles. The number of aliphatic carboxylic acids is 1. The van der Waals surface area contributed by atoms with E-state index < -0.39 is 34.5 Å². The van der Waals surface area contributed by atoms with Gasteiger partial charge in [0, 0.05) is 13.1 Å². The van der Waals surface area contributed by atoms with E-state index in [0.717, 1.165) is 4.31 Å². The highest BCUT2D eigenvalue weighted by atomic mass is 32.2. The summed E-state index contributed by atoms with van der Waals surface area (Å²) in [6.45, 7) is 3.66. The van der Waals surface area contributed by atoms with E-state index in [-0.39, 0.29) is 25.3 Å². The fourth-order valence-corrected chi connectivity index (χ4v) is 3.47. The van der Waals surface area contributed by atoms with Crippen molar-refractivity contribution in [3.05, 3.63) is 0 Å². The van der Waals surface area contributed by atoms with Crippen molar-refractivity contribution in [1.29, 1.82) is 0 Å². The molecule has 116 valence electrons. The van der Waals surface area contributed by atoms with E-state index >= 15 is 0 Å². The van der Waals surface area contributed by atoms with Gasteiger partial charge in [0.15, 0.2) is 0 Å². The van der Waals surface area contributed by atoms with Gasteiger partial charge in [0.2, 0.25) is 5.91 Å². The van der Waals surface area contributed by atoms with E-state index in [1.807, 2.05) is 4.72 Å². The van der Waals surface area contributed by atoms with Crippen molar-refractivity contribution in [3.63, 3.8) is 0 Å². The number of ether oxygens (including phenoxy) is 1. The molecule has 10 heteroatoms. The van der Waals surface area contributed by atoms with Gasteiger partial charge >= 0.3 is 5.97 Å². The summed E-state index contributed by atoms with van der Waals surface area (Å²) in [4.78, 5) is 21.7. The molecular formula is C10H19N3O6S. The van der Waals surface area contributed by atoms with E-state index in [1.165, 1.54) is 0 Å². The fraction of sp³-hybridized carbons (Fsp3) is 0.800. The van der Waals surface area contributed by atoms with Crippen molar-refractivity contribution in [3.8, 4) is 0 Å². The molecule has 1 heterocycles. The van der Waals surface area contributed by atoms with Gasteiger partial charge in [-0.1, -0.05) is 0 Å². The van der Waals surface area contributed by atoms with Crippen LogP contribution in [0.15, 0.2) is 0 Å². The van der Waals surface area contributed by atoms with Crippen LogP contribution in [0.25, 0.3) is 0 Å². The van der Waals surface area contributed by atoms with Gasteiger partial charge in [-0.05, 0) is 13.8 Å². The van der Waals surface area contributed by atoms with Crippen LogP contribution >= 0.6 is 0 Å². The van der Waals surface area contributed by atoms with Crippen molar-refractivity contribution < 1.29 is 27.9 Å². The second kappa shape index (κ2) is 6.48. The summed E-state index contributed by atoms with van der Waals surface area (Å²) in [5, 5.41) is 8.91. The summed E-state index contributed by atoms with van der Waals surface area (Å²) in [5.74, 6) is -2.36. The topological polar surface area (TPSA) is 139 Å². The molecule has 1 amide bonds. The Hall–Kier alpha value is -1.23. The van der Waals surface area contributed by atoms with Gasteiger partial charge < -0.3 is 15.6 Å². The number of carbonyl (C=O) groups excluding carboxylic acids is 1. The number of carboxylic acids is 1. The van der Waals surface area contributed by atoms with Crippen LogP contribution in [-0.2, 0) is 24.5 Å². The van der Waals surface area contributed by atoms with Crippen LogP contribution in [0, 0.1) is 0 Å². The van der Waals surface area contributed by atoms with Gasteiger partial charge in [-0.15, -0.1) is 0 Å². The monoisotopic (exact) mass is 309 g/mol. The predicted octanol–water partition coefficient (Wildman–Crippen LogP) is -1.74. The number of nitrogens with zero attached hydrogens (tertiary/aromatic N) is 1. The third kappa shape index (κ3) is 4.71. The largest absolute Gasteiger partial charge is 0.480 e. The summed E-state index contributed by atoms with van der Waals surface area (Å²) in [6, 6.07) is -1.58. The van der Waals surface area contributed by atoms with Crippen LogP contribution in [0.1, 0.15) is 20.3 Å². The Kier molecular flexibility index (Phi) is 5.45. The smallest absolute Gasteiger partial charge is 0.322 e. The van der Waals surface area contributed by atoms with Crippen LogP contribution in [0.4, 0.5) is 0 Å². The molecule has 2 unspecified atom stereocenters. The molecule has 4 N–H and O–H groups in total. The number of primary amides is 1. The number of nitrogens with one attached hydrogen (secondary N) is 1. The molecule has 1 aliphatic heterocycles. The third-order valence-corrected chi connectivity index (χ3v) is 4.28. The number of carboxylic acid groups (broad SMARTS) is 1. The second-order valence-corrected chi connectivity index (χ2v) is 6.46. The quantitative estimate of drug-likeness (QED) is 0.532. The molecular weight excluding hydrogens is 290 g/mol. The van der Waals surface area contributed by atoms with E-state index in [0.29, 0.717) is 0 Å². The first-order valence-corrected chi connectivity index (χ1v) is 7.49. The zero-order valence-electron chi connectivity index (χ0n) is 11.3. The summed E-state index contributed by atoms with van der Waals surface area (Å²) < 4.78 is 32.7. The van der Waals surface area contributed by atoms with Gasteiger partial charge in [0.1, 0.15) is 6.04 Å². The maximum Gasteiger partial charge on any atom is 0.322 e. The van der Waals surface area contributed by atoms with Crippen molar-refractivity contribution in [2.75, 3.05) is 13.1 Å². The molecule has 0 aliphatic carbocycles. The lowest BCUT2D eigenvalue weighted by Gasteiger charge is -2.34. The van der Waals surface area contributed by atoms with Gasteiger partial charge in [-0.25, -0.2) is 0 Å². The van der Waals surface area contributed by atoms with E-state index in [4.69, 9.17) is 15.6 Å². The molecule has 9 nitrogen and oxygen atoms in total. The minimum Gasteiger partial charge on any atom is -0.480 e. The number of nitrogens with two attached hydrogens (primary N) is 1. The third-order valence-electron chi connectivity index (χ3n) is 2.72. The van der Waals surface area contributed by atoms with Crippen molar-refractivity contribution in [2.45, 2.75) is 38.5 Å². The van der Waals surface area contributed by atoms with Crippen LogP contribution in [-0.4, -0.2) is 61.0 Å². The molecule has 1 aliphatic rings. The van der Waals surface area contributed by atoms with Crippen molar-refractivity contribution >= 4 is 22.1 Å². The Labute approximate surface area is 117 Å². The number of morpholine rings is 1. The average molecular weight is 309 g/mol. The summed E-state index contributed by atoms with van der Waals surface area (Å²) in [6.07, 6.45) is -1.20. The first-order valence-electron chi connectivity index (χ1n) is 6.05. The van der Waals surface area contributed by atoms with E-state index in [2.05, 4.69) is 0 Å². The molecule has 1 fully saturated rings. The lowest BCUT2D eigenvalue weighted by atomic mass is 10.2. The zero-order valence-corrected chi connectivity index (χ0v) is 12.1. The lowest BCUT2D eigenvalue weighted by Crippen LogP contribution is -2.55. The number of carbonyl (C=O) groups is 2. The number of hydrogen-bond donors (Lipinski definition) is 3. The summed E-state index contributed by atoms with van der Waals surface area (Å²) in [5.41, 5.74) is 4.90. The lowest BCUT2D eigenvalue weighted by molar-refractivity contribution is -0.140. The van der Waals surface area contributed by atoms with Crippen LogP contribution in [0.5, 0.6) is 0 Å². The molecule has 1 saturated heterocycles. The fourth-order valence-electron chi connectivity index (χ4n) is 1.96. The second-order valence-electron chi connectivity index (χ2n) is 4.76. The predicted molar refractivity (Wildman–Crippen MR) is 68.9 cm³/mol.